The Morgan fingerprint density at radius 1 is 1.23 bits per heavy atom. The Morgan fingerprint density at radius 3 is 2.41 bits per heavy atom. The first-order chi connectivity index (χ1) is 10.4. The van der Waals surface area contributed by atoms with E-state index in [-0.39, 0.29) is 24.4 Å². The second kappa shape index (κ2) is 7.11. The molecule has 124 valence electrons. The zero-order valence-electron chi connectivity index (χ0n) is 13.9. The lowest BCUT2D eigenvalue weighted by atomic mass is 9.86. The molecule has 0 atom stereocenters. The van der Waals surface area contributed by atoms with E-state index in [0.29, 0.717) is 25.4 Å². The number of hydrogen-bond acceptors (Lipinski definition) is 3. The molecule has 2 rings (SSSR count). The van der Waals surface area contributed by atoms with Gasteiger partial charge in [-0.15, -0.1) is 0 Å². The standard InChI is InChI=1S/C16H27N3O3/c1-12-6-8-13(9-7-12)18(3)14(20)5-4-10-19-15(21)11-17(2)16(19)22/h12-13H,4-11H2,1-3H3. The van der Waals surface area contributed by atoms with Gasteiger partial charge < -0.3 is 9.80 Å². The lowest BCUT2D eigenvalue weighted by molar-refractivity contribution is -0.133. The third kappa shape index (κ3) is 3.78. The topological polar surface area (TPSA) is 60.9 Å². The summed E-state index contributed by atoms with van der Waals surface area (Å²) in [6.45, 7) is 2.75. The molecule has 6 nitrogen and oxygen atoms in total. The van der Waals surface area contributed by atoms with Gasteiger partial charge in [-0.05, 0) is 38.0 Å². The van der Waals surface area contributed by atoms with Crippen molar-refractivity contribution in [3.8, 4) is 0 Å². The first-order valence-corrected chi connectivity index (χ1v) is 8.21. The van der Waals surface area contributed by atoms with Crippen LogP contribution in [-0.4, -0.2) is 65.8 Å². The van der Waals surface area contributed by atoms with E-state index in [0.717, 1.165) is 18.8 Å². The summed E-state index contributed by atoms with van der Waals surface area (Å²) in [5.74, 6) is 0.713. The van der Waals surface area contributed by atoms with Gasteiger partial charge in [-0.1, -0.05) is 6.92 Å². The van der Waals surface area contributed by atoms with Gasteiger partial charge in [0.15, 0.2) is 0 Å². The molecule has 0 unspecified atom stereocenters. The molecule has 1 aliphatic carbocycles. The van der Waals surface area contributed by atoms with Crippen LogP contribution in [0.5, 0.6) is 0 Å². The van der Waals surface area contributed by atoms with Gasteiger partial charge in [0.05, 0.1) is 0 Å². The molecule has 6 heteroatoms. The highest BCUT2D eigenvalue weighted by atomic mass is 16.2. The van der Waals surface area contributed by atoms with Crippen LogP contribution >= 0.6 is 0 Å². The second-order valence-corrected chi connectivity index (χ2v) is 6.71. The van der Waals surface area contributed by atoms with Crippen LogP contribution in [0.2, 0.25) is 0 Å². The molecule has 4 amide bonds. The van der Waals surface area contributed by atoms with Crippen LogP contribution in [0.4, 0.5) is 4.79 Å². The van der Waals surface area contributed by atoms with Gasteiger partial charge >= 0.3 is 6.03 Å². The molecule has 0 N–H and O–H groups in total. The van der Waals surface area contributed by atoms with E-state index in [1.807, 2.05) is 11.9 Å². The Hall–Kier alpha value is -1.59. The monoisotopic (exact) mass is 309 g/mol. The lowest BCUT2D eigenvalue weighted by Crippen LogP contribution is -2.39. The highest BCUT2D eigenvalue weighted by Gasteiger charge is 2.33. The normalized spacial score (nSPS) is 25.8. The summed E-state index contributed by atoms with van der Waals surface area (Å²) in [4.78, 5) is 40.2. The van der Waals surface area contributed by atoms with Crippen molar-refractivity contribution in [2.45, 2.75) is 51.5 Å². The number of imide groups is 1. The van der Waals surface area contributed by atoms with Crippen LogP contribution < -0.4 is 0 Å². The molecule has 0 radical (unpaired) electrons. The van der Waals surface area contributed by atoms with E-state index in [1.165, 1.54) is 22.6 Å². The fraction of sp³-hybridized carbons (Fsp3) is 0.812. The maximum absolute atomic E-state index is 12.3. The summed E-state index contributed by atoms with van der Waals surface area (Å²) in [6.07, 6.45) is 5.46. The number of nitrogens with zero attached hydrogens (tertiary/aromatic N) is 3. The van der Waals surface area contributed by atoms with Crippen molar-refractivity contribution in [2.24, 2.45) is 5.92 Å². The van der Waals surface area contributed by atoms with Crippen molar-refractivity contribution in [3.05, 3.63) is 0 Å². The average molecular weight is 309 g/mol. The molecule has 1 aliphatic heterocycles. The summed E-state index contributed by atoms with van der Waals surface area (Å²) in [5.41, 5.74) is 0. The molecule has 2 fully saturated rings. The van der Waals surface area contributed by atoms with E-state index >= 15 is 0 Å². The van der Waals surface area contributed by atoms with Crippen LogP contribution in [0.15, 0.2) is 0 Å². The van der Waals surface area contributed by atoms with Crippen molar-refractivity contribution in [1.82, 2.24) is 14.7 Å². The number of carbonyl (C=O) groups excluding carboxylic acids is 3. The number of likely N-dealkylation sites (N-methyl/N-ethyl adjacent to an activating group) is 1. The summed E-state index contributed by atoms with van der Waals surface area (Å²) >= 11 is 0. The average Bonchev–Trinajstić information content (AvgIpc) is 2.73. The van der Waals surface area contributed by atoms with E-state index < -0.39 is 0 Å². The molecule has 1 saturated carbocycles. The van der Waals surface area contributed by atoms with Gasteiger partial charge in [-0.3, -0.25) is 14.5 Å². The maximum Gasteiger partial charge on any atom is 0.326 e. The molecule has 0 aromatic heterocycles. The molecule has 22 heavy (non-hydrogen) atoms. The fourth-order valence-corrected chi connectivity index (χ4v) is 3.29. The Kier molecular flexibility index (Phi) is 5.42. The summed E-state index contributed by atoms with van der Waals surface area (Å²) < 4.78 is 0. The lowest BCUT2D eigenvalue weighted by Gasteiger charge is -2.33. The predicted molar refractivity (Wildman–Crippen MR) is 83.2 cm³/mol. The first kappa shape index (κ1) is 16.8. The molecule has 0 bridgehead atoms. The highest BCUT2D eigenvalue weighted by Crippen LogP contribution is 2.26. The maximum atomic E-state index is 12.3. The van der Waals surface area contributed by atoms with Crippen molar-refractivity contribution in [2.75, 3.05) is 27.2 Å². The van der Waals surface area contributed by atoms with Crippen molar-refractivity contribution >= 4 is 17.8 Å². The third-order valence-electron chi connectivity index (χ3n) is 4.93. The third-order valence-corrected chi connectivity index (χ3v) is 4.93. The number of rotatable bonds is 5. The van der Waals surface area contributed by atoms with Crippen molar-refractivity contribution < 1.29 is 14.4 Å². The minimum atomic E-state index is -0.257. The van der Waals surface area contributed by atoms with Crippen molar-refractivity contribution in [3.63, 3.8) is 0 Å². The fourth-order valence-electron chi connectivity index (χ4n) is 3.29. The Balaban J connectivity index is 1.73. The van der Waals surface area contributed by atoms with E-state index in [2.05, 4.69) is 6.92 Å². The van der Waals surface area contributed by atoms with Crippen LogP contribution in [0.1, 0.15) is 45.4 Å². The Morgan fingerprint density at radius 2 is 1.86 bits per heavy atom. The largest absolute Gasteiger partial charge is 0.343 e. The molecular formula is C16H27N3O3. The Labute approximate surface area is 132 Å². The van der Waals surface area contributed by atoms with Crippen LogP contribution in [0, 0.1) is 5.92 Å². The SMILES string of the molecule is CC1CCC(N(C)C(=O)CCCN2C(=O)CN(C)C2=O)CC1. The number of carbonyl (C=O) groups is 3. The van der Waals surface area contributed by atoms with E-state index in [1.54, 1.807) is 7.05 Å². The summed E-state index contributed by atoms with van der Waals surface area (Å²) in [5, 5.41) is 0. The van der Waals surface area contributed by atoms with Gasteiger partial charge in [-0.2, -0.15) is 0 Å². The van der Waals surface area contributed by atoms with E-state index in [9.17, 15) is 14.4 Å². The molecule has 0 aromatic carbocycles. The van der Waals surface area contributed by atoms with Gasteiger partial charge in [0.2, 0.25) is 11.8 Å². The molecule has 1 saturated heterocycles. The quantitative estimate of drug-likeness (QED) is 0.726. The zero-order chi connectivity index (χ0) is 16.3. The minimum Gasteiger partial charge on any atom is -0.343 e. The zero-order valence-corrected chi connectivity index (χ0v) is 13.9. The minimum absolute atomic E-state index is 0.118. The second-order valence-electron chi connectivity index (χ2n) is 6.71. The van der Waals surface area contributed by atoms with Gasteiger partial charge in [0.1, 0.15) is 6.54 Å². The predicted octanol–water partition coefficient (Wildman–Crippen LogP) is 1.70. The van der Waals surface area contributed by atoms with E-state index in [4.69, 9.17) is 0 Å². The summed E-state index contributed by atoms with van der Waals surface area (Å²) in [6, 6.07) is 0.0944. The molecule has 0 aromatic rings. The van der Waals surface area contributed by atoms with Gasteiger partial charge in [-0.25, -0.2) is 4.79 Å². The smallest absolute Gasteiger partial charge is 0.326 e. The number of amides is 4. The first-order valence-electron chi connectivity index (χ1n) is 8.21. The van der Waals surface area contributed by atoms with Crippen LogP contribution in [0.25, 0.3) is 0 Å². The van der Waals surface area contributed by atoms with Crippen LogP contribution in [-0.2, 0) is 9.59 Å². The highest BCUT2D eigenvalue weighted by molar-refractivity contribution is 6.01. The molecule has 0 spiro atoms. The molecule has 2 aliphatic rings. The summed E-state index contributed by atoms with van der Waals surface area (Å²) in [7, 11) is 3.49. The molecular weight excluding hydrogens is 282 g/mol. The number of hydrogen-bond donors (Lipinski definition) is 0. The Bertz CT molecular complexity index is 444. The van der Waals surface area contributed by atoms with Gasteiger partial charge in [0, 0.05) is 33.1 Å². The van der Waals surface area contributed by atoms with Crippen molar-refractivity contribution in [1.29, 1.82) is 0 Å². The number of urea groups is 1. The van der Waals surface area contributed by atoms with Crippen LogP contribution in [0.3, 0.4) is 0 Å². The van der Waals surface area contributed by atoms with Gasteiger partial charge in [0.25, 0.3) is 0 Å². The molecule has 1 heterocycles.